The predicted octanol–water partition coefficient (Wildman–Crippen LogP) is 9.05. The third-order valence-corrected chi connectivity index (χ3v) is 8.00. The van der Waals surface area contributed by atoms with Crippen molar-refractivity contribution in [2.24, 2.45) is 0 Å². The number of para-hydroxylation sites is 2. The lowest BCUT2D eigenvalue weighted by atomic mass is 10.1. The number of hydrogen-bond donors (Lipinski definition) is 0. The van der Waals surface area contributed by atoms with Crippen molar-refractivity contribution >= 4 is 75.3 Å². The highest BCUT2D eigenvalue weighted by Gasteiger charge is 2.18. The molecule has 0 saturated carbocycles. The van der Waals surface area contributed by atoms with Gasteiger partial charge in [-0.25, -0.2) is 0 Å². The molecule has 0 aliphatic carbocycles. The smallest absolute Gasteiger partial charge is 0.135 e. The average molecular weight is 440 g/mol. The van der Waals surface area contributed by atoms with Gasteiger partial charge in [-0.1, -0.05) is 60.7 Å². The minimum Gasteiger partial charge on any atom is -0.456 e. The zero-order valence-electron chi connectivity index (χ0n) is 17.6. The van der Waals surface area contributed by atoms with Crippen LogP contribution in [-0.2, 0) is 0 Å². The second-order valence-electron chi connectivity index (χ2n) is 8.57. The molecule has 0 spiro atoms. The van der Waals surface area contributed by atoms with Gasteiger partial charge in [0.15, 0.2) is 0 Å². The van der Waals surface area contributed by atoms with E-state index >= 15 is 0 Å². The van der Waals surface area contributed by atoms with Gasteiger partial charge in [-0.05, 0) is 42.5 Å². The number of nitrogens with zero attached hydrogens (tertiary/aromatic N) is 1. The highest BCUT2D eigenvalue weighted by atomic mass is 32.1. The van der Waals surface area contributed by atoms with Gasteiger partial charge in [0.25, 0.3) is 0 Å². The molecule has 0 unspecified atom stereocenters. The van der Waals surface area contributed by atoms with Crippen LogP contribution >= 0.6 is 11.3 Å². The predicted molar refractivity (Wildman–Crippen MR) is 141 cm³/mol. The number of rotatable bonds is 1. The first-order valence-electron chi connectivity index (χ1n) is 11.1. The molecule has 0 saturated heterocycles. The van der Waals surface area contributed by atoms with Gasteiger partial charge in [-0.3, -0.25) is 0 Å². The molecule has 154 valence electrons. The lowest BCUT2D eigenvalue weighted by Crippen LogP contribution is -1.93. The molecule has 3 heterocycles. The summed E-state index contributed by atoms with van der Waals surface area (Å²) < 4.78 is 11.2. The van der Waals surface area contributed by atoms with E-state index in [1.165, 1.54) is 42.0 Å². The topological polar surface area (TPSA) is 18.1 Å². The number of furan rings is 1. The fourth-order valence-corrected chi connectivity index (χ4v) is 6.63. The lowest BCUT2D eigenvalue weighted by molar-refractivity contribution is 0.669. The van der Waals surface area contributed by atoms with Crippen LogP contribution in [0.1, 0.15) is 0 Å². The van der Waals surface area contributed by atoms with Crippen molar-refractivity contribution in [2.75, 3.05) is 0 Å². The van der Waals surface area contributed by atoms with Crippen LogP contribution in [0.3, 0.4) is 0 Å². The minimum atomic E-state index is 0.924. The van der Waals surface area contributed by atoms with Crippen LogP contribution in [-0.4, -0.2) is 4.57 Å². The minimum absolute atomic E-state index is 0.924. The number of aromatic nitrogens is 1. The first-order valence-corrected chi connectivity index (χ1v) is 11.9. The molecule has 33 heavy (non-hydrogen) atoms. The third kappa shape index (κ3) is 2.27. The molecule has 8 rings (SSSR count). The van der Waals surface area contributed by atoms with E-state index in [1.54, 1.807) is 0 Å². The van der Waals surface area contributed by atoms with Crippen LogP contribution in [0.15, 0.2) is 108 Å². The van der Waals surface area contributed by atoms with E-state index in [0.29, 0.717) is 0 Å². The molecular weight excluding hydrogens is 422 g/mol. The molecule has 0 aliphatic heterocycles. The van der Waals surface area contributed by atoms with Gasteiger partial charge in [-0.15, -0.1) is 11.3 Å². The molecule has 0 aliphatic rings. The number of benzene rings is 5. The van der Waals surface area contributed by atoms with E-state index in [0.717, 1.165) is 27.6 Å². The quantitative estimate of drug-likeness (QED) is 0.249. The third-order valence-electron chi connectivity index (χ3n) is 6.80. The van der Waals surface area contributed by atoms with Gasteiger partial charge in [0.1, 0.15) is 11.2 Å². The summed E-state index contributed by atoms with van der Waals surface area (Å²) >= 11 is 1.89. The zero-order valence-corrected chi connectivity index (χ0v) is 18.4. The van der Waals surface area contributed by atoms with Gasteiger partial charge in [-0.2, -0.15) is 0 Å². The maximum absolute atomic E-state index is 6.08. The van der Waals surface area contributed by atoms with Crippen LogP contribution in [0, 0.1) is 0 Å². The fraction of sp³-hybridized carbons (Fsp3) is 0. The first-order chi connectivity index (χ1) is 16.4. The first kappa shape index (κ1) is 17.5. The Balaban J connectivity index is 1.53. The Morgan fingerprint density at radius 3 is 2.24 bits per heavy atom. The normalized spacial score (nSPS) is 12.2. The molecule has 0 atom stereocenters. The van der Waals surface area contributed by atoms with E-state index in [9.17, 15) is 0 Å². The molecule has 5 aromatic carbocycles. The van der Waals surface area contributed by atoms with Crippen molar-refractivity contribution < 1.29 is 4.42 Å². The molecule has 3 heteroatoms. The Labute approximate surface area is 192 Å². The largest absolute Gasteiger partial charge is 0.456 e. The summed E-state index contributed by atoms with van der Waals surface area (Å²) in [6.45, 7) is 0. The van der Waals surface area contributed by atoms with E-state index in [2.05, 4.69) is 95.6 Å². The number of hydrogen-bond acceptors (Lipinski definition) is 2. The van der Waals surface area contributed by atoms with Crippen LogP contribution in [0.2, 0.25) is 0 Å². The van der Waals surface area contributed by atoms with Gasteiger partial charge < -0.3 is 8.98 Å². The molecule has 3 aromatic heterocycles. The standard InChI is InChI=1S/C30H17NOS/c1-4-10-24-22(9-1)29-25(15-14-21-20-8-3-6-12-28(20)33-30(21)29)31(24)18-13-16-27-23(17-18)19-7-2-5-11-26(19)32-27/h1-17H. The summed E-state index contributed by atoms with van der Waals surface area (Å²) in [6, 6.07) is 36.9. The Kier molecular flexibility index (Phi) is 3.31. The summed E-state index contributed by atoms with van der Waals surface area (Å²) in [4.78, 5) is 0. The van der Waals surface area contributed by atoms with Crippen LogP contribution < -0.4 is 0 Å². The van der Waals surface area contributed by atoms with Crippen molar-refractivity contribution in [2.45, 2.75) is 0 Å². The number of fused-ring (bicyclic) bond motifs is 10. The molecule has 2 nitrogen and oxygen atoms in total. The van der Waals surface area contributed by atoms with Gasteiger partial charge >= 0.3 is 0 Å². The van der Waals surface area contributed by atoms with Gasteiger partial charge in [0.2, 0.25) is 0 Å². The summed E-state index contributed by atoms with van der Waals surface area (Å²) in [7, 11) is 0. The summed E-state index contributed by atoms with van der Waals surface area (Å²) in [5, 5.41) is 7.60. The Morgan fingerprint density at radius 1 is 0.545 bits per heavy atom. The maximum Gasteiger partial charge on any atom is 0.135 e. The monoisotopic (exact) mass is 439 g/mol. The highest BCUT2D eigenvalue weighted by molar-refractivity contribution is 7.26. The van der Waals surface area contributed by atoms with Crippen molar-refractivity contribution in [1.29, 1.82) is 0 Å². The maximum atomic E-state index is 6.08. The van der Waals surface area contributed by atoms with Gasteiger partial charge in [0, 0.05) is 47.4 Å². The Morgan fingerprint density at radius 2 is 1.30 bits per heavy atom. The van der Waals surface area contributed by atoms with Crippen molar-refractivity contribution in [3.63, 3.8) is 0 Å². The fourth-order valence-electron chi connectivity index (χ4n) is 5.37. The second-order valence-corrected chi connectivity index (χ2v) is 9.62. The molecular formula is C30H17NOS. The SMILES string of the molecule is c1ccc2c(c1)oc1ccc(-n3c4ccccc4c4c5sc6ccccc6c5ccc43)cc12. The van der Waals surface area contributed by atoms with E-state index in [1.807, 2.05) is 23.5 Å². The molecule has 0 amide bonds. The lowest BCUT2D eigenvalue weighted by Gasteiger charge is -2.08. The molecule has 0 bridgehead atoms. The van der Waals surface area contributed by atoms with Crippen molar-refractivity contribution in [3.8, 4) is 5.69 Å². The van der Waals surface area contributed by atoms with E-state index in [-0.39, 0.29) is 0 Å². The number of thiophene rings is 1. The van der Waals surface area contributed by atoms with E-state index in [4.69, 9.17) is 4.42 Å². The summed E-state index contributed by atoms with van der Waals surface area (Å²) in [5.74, 6) is 0. The molecule has 8 aromatic rings. The van der Waals surface area contributed by atoms with E-state index < -0.39 is 0 Å². The summed E-state index contributed by atoms with van der Waals surface area (Å²) in [6.07, 6.45) is 0. The van der Waals surface area contributed by atoms with Crippen LogP contribution in [0.5, 0.6) is 0 Å². The van der Waals surface area contributed by atoms with Crippen molar-refractivity contribution in [3.05, 3.63) is 103 Å². The Bertz CT molecular complexity index is 2040. The highest BCUT2D eigenvalue weighted by Crippen LogP contribution is 2.43. The Hall–Kier alpha value is -4.08. The molecule has 0 radical (unpaired) electrons. The van der Waals surface area contributed by atoms with Crippen molar-refractivity contribution in [1.82, 2.24) is 4.57 Å². The van der Waals surface area contributed by atoms with Crippen LogP contribution in [0.25, 0.3) is 69.6 Å². The molecule has 0 fully saturated rings. The zero-order chi connectivity index (χ0) is 21.5. The summed E-state index contributed by atoms with van der Waals surface area (Å²) in [5.41, 5.74) is 5.47. The second kappa shape index (κ2) is 6.25. The van der Waals surface area contributed by atoms with Crippen LogP contribution in [0.4, 0.5) is 0 Å². The average Bonchev–Trinajstić information content (AvgIpc) is 3.52. The molecule has 0 N–H and O–H groups in total. The van der Waals surface area contributed by atoms with Gasteiger partial charge in [0.05, 0.1) is 11.0 Å².